The molecular formula is C32H33FN4O2. The van der Waals surface area contributed by atoms with E-state index in [2.05, 4.69) is 31.5 Å². The minimum absolute atomic E-state index is 0.00799. The van der Waals surface area contributed by atoms with E-state index in [1.807, 2.05) is 30.3 Å². The summed E-state index contributed by atoms with van der Waals surface area (Å²) in [6.45, 7) is 3.43. The Labute approximate surface area is 228 Å². The Morgan fingerprint density at radius 1 is 0.897 bits per heavy atom. The number of halogens is 1. The molecule has 1 atom stereocenters. The molecule has 200 valence electrons. The molecule has 0 N–H and O–H groups in total. The van der Waals surface area contributed by atoms with Crippen LogP contribution in [-0.4, -0.2) is 63.3 Å². The van der Waals surface area contributed by atoms with Gasteiger partial charge in [-0.2, -0.15) is 0 Å². The quantitative estimate of drug-likeness (QED) is 0.289. The molecule has 2 aliphatic heterocycles. The zero-order valence-corrected chi connectivity index (χ0v) is 22.0. The van der Waals surface area contributed by atoms with Crippen molar-refractivity contribution >= 4 is 22.6 Å². The van der Waals surface area contributed by atoms with Crippen LogP contribution in [0, 0.1) is 11.7 Å². The summed E-state index contributed by atoms with van der Waals surface area (Å²) in [7, 11) is 0. The van der Waals surface area contributed by atoms with Gasteiger partial charge in [-0.3, -0.25) is 14.6 Å². The molecule has 7 heteroatoms. The number of benzene rings is 2. The molecule has 2 saturated heterocycles. The monoisotopic (exact) mass is 524 g/mol. The number of Topliss-reactive ketones (excluding diaryl/α,β-unsaturated/α-hetero) is 1. The van der Waals surface area contributed by atoms with Gasteiger partial charge in [0.05, 0.1) is 5.52 Å². The first-order valence-electron chi connectivity index (χ1n) is 13.9. The number of carbonyl (C=O) groups is 2. The van der Waals surface area contributed by atoms with E-state index < -0.39 is 0 Å². The molecule has 39 heavy (non-hydrogen) atoms. The SMILES string of the molecule is O=C(c1ccc(F)cc1)C1CCN(CC[C@@H]2CCCN2C(=O)c2cc3ccccc3n2-c2ccncc2)CC1. The Hall–Kier alpha value is -3.84. The molecule has 6 nitrogen and oxygen atoms in total. The number of carbonyl (C=O) groups excluding carboxylic acids is 2. The molecule has 0 bridgehead atoms. The van der Waals surface area contributed by atoms with Crippen LogP contribution >= 0.6 is 0 Å². The van der Waals surface area contributed by atoms with E-state index in [4.69, 9.17) is 0 Å². The van der Waals surface area contributed by atoms with Crippen molar-refractivity contribution < 1.29 is 14.0 Å². The number of fused-ring (bicyclic) bond motifs is 1. The van der Waals surface area contributed by atoms with Crippen molar-refractivity contribution in [1.82, 2.24) is 19.4 Å². The third-order valence-corrected chi connectivity index (χ3v) is 8.35. The minimum Gasteiger partial charge on any atom is -0.334 e. The van der Waals surface area contributed by atoms with E-state index in [9.17, 15) is 14.0 Å². The van der Waals surface area contributed by atoms with Gasteiger partial charge in [-0.1, -0.05) is 18.2 Å². The standard InChI is InChI=1S/C32H33FN4O2/c33-26-9-7-23(8-10-26)31(38)24-13-19-35(20-14-24)21-15-27-5-3-18-36(27)32(39)30-22-25-4-1-2-6-29(25)37(30)28-11-16-34-17-12-28/h1-2,4,6-12,16-17,22,24,27H,3,5,13-15,18-21H2/t27-/m0/s1. The molecular weight excluding hydrogens is 491 g/mol. The smallest absolute Gasteiger partial charge is 0.271 e. The van der Waals surface area contributed by atoms with Crippen LogP contribution in [0.4, 0.5) is 4.39 Å². The number of aromatic nitrogens is 2. The van der Waals surface area contributed by atoms with E-state index in [-0.39, 0.29) is 29.5 Å². The fourth-order valence-electron chi connectivity index (χ4n) is 6.23. The third kappa shape index (κ3) is 5.23. The number of hydrogen-bond acceptors (Lipinski definition) is 4. The number of ketones is 1. The van der Waals surface area contributed by atoms with Gasteiger partial charge in [-0.05, 0) is 93.7 Å². The predicted molar refractivity (Wildman–Crippen MR) is 150 cm³/mol. The van der Waals surface area contributed by atoms with Crippen LogP contribution in [0.1, 0.15) is 53.0 Å². The van der Waals surface area contributed by atoms with E-state index in [1.165, 1.54) is 12.1 Å². The van der Waals surface area contributed by atoms with Crippen molar-refractivity contribution in [3.8, 4) is 5.69 Å². The molecule has 0 radical (unpaired) electrons. The largest absolute Gasteiger partial charge is 0.334 e. The maximum absolute atomic E-state index is 14.0. The van der Waals surface area contributed by atoms with Crippen molar-refractivity contribution in [1.29, 1.82) is 0 Å². The number of pyridine rings is 1. The molecule has 0 unspecified atom stereocenters. The zero-order valence-electron chi connectivity index (χ0n) is 22.0. The second-order valence-corrected chi connectivity index (χ2v) is 10.7. The molecule has 4 heterocycles. The van der Waals surface area contributed by atoms with E-state index in [0.29, 0.717) is 11.3 Å². The molecule has 0 aliphatic carbocycles. The molecule has 4 aromatic rings. The topological polar surface area (TPSA) is 58.4 Å². The number of hydrogen-bond donors (Lipinski definition) is 0. The van der Waals surface area contributed by atoms with Crippen molar-refractivity contribution in [2.24, 2.45) is 5.92 Å². The molecule has 0 spiro atoms. The van der Waals surface area contributed by atoms with Gasteiger partial charge in [0.25, 0.3) is 5.91 Å². The molecule has 2 fully saturated rings. The van der Waals surface area contributed by atoms with Crippen molar-refractivity contribution in [2.75, 3.05) is 26.2 Å². The summed E-state index contributed by atoms with van der Waals surface area (Å²) in [5.41, 5.74) is 3.23. The molecule has 2 aliphatic rings. The van der Waals surface area contributed by atoms with Crippen LogP contribution in [0.25, 0.3) is 16.6 Å². The molecule has 0 saturated carbocycles. The van der Waals surface area contributed by atoms with Gasteiger partial charge in [0.1, 0.15) is 11.5 Å². The predicted octanol–water partition coefficient (Wildman–Crippen LogP) is 5.75. The van der Waals surface area contributed by atoms with Gasteiger partial charge in [0.15, 0.2) is 5.78 Å². The minimum atomic E-state index is -0.320. The summed E-state index contributed by atoms with van der Waals surface area (Å²) < 4.78 is 15.3. The van der Waals surface area contributed by atoms with Crippen molar-refractivity contribution in [2.45, 2.75) is 38.1 Å². The highest BCUT2D eigenvalue weighted by Crippen LogP contribution is 2.29. The van der Waals surface area contributed by atoms with Gasteiger partial charge in [-0.25, -0.2) is 4.39 Å². The van der Waals surface area contributed by atoms with Crippen LogP contribution in [-0.2, 0) is 0 Å². The van der Waals surface area contributed by atoms with Crippen LogP contribution in [0.3, 0.4) is 0 Å². The molecule has 6 rings (SSSR count). The number of nitrogens with zero attached hydrogens (tertiary/aromatic N) is 4. The first-order valence-corrected chi connectivity index (χ1v) is 13.9. The van der Waals surface area contributed by atoms with E-state index in [1.54, 1.807) is 24.5 Å². The Kier molecular flexibility index (Phi) is 7.24. The second-order valence-electron chi connectivity index (χ2n) is 10.7. The van der Waals surface area contributed by atoms with E-state index in [0.717, 1.165) is 74.9 Å². The number of amides is 1. The number of para-hydroxylation sites is 1. The zero-order chi connectivity index (χ0) is 26.8. The summed E-state index contributed by atoms with van der Waals surface area (Å²) in [6.07, 6.45) is 8.10. The lowest BCUT2D eigenvalue weighted by Crippen LogP contribution is -2.41. The number of likely N-dealkylation sites (tertiary alicyclic amines) is 2. The van der Waals surface area contributed by atoms with Crippen LogP contribution in [0.15, 0.2) is 79.1 Å². The van der Waals surface area contributed by atoms with Gasteiger partial charge in [0.2, 0.25) is 0 Å². The van der Waals surface area contributed by atoms with Gasteiger partial charge >= 0.3 is 0 Å². The lowest BCUT2D eigenvalue weighted by molar-refractivity contribution is 0.0697. The fourth-order valence-corrected chi connectivity index (χ4v) is 6.23. The molecule has 1 amide bonds. The van der Waals surface area contributed by atoms with E-state index >= 15 is 0 Å². The Morgan fingerprint density at radius 2 is 1.64 bits per heavy atom. The van der Waals surface area contributed by atoms with Crippen LogP contribution in [0.2, 0.25) is 0 Å². The lowest BCUT2D eigenvalue weighted by atomic mass is 9.88. The summed E-state index contributed by atoms with van der Waals surface area (Å²) in [5.74, 6) is -0.132. The fraction of sp³-hybridized carbons (Fsp3) is 0.344. The Bertz CT molecular complexity index is 1460. The van der Waals surface area contributed by atoms with Crippen molar-refractivity contribution in [3.05, 3.63) is 96.2 Å². The summed E-state index contributed by atoms with van der Waals surface area (Å²) in [6, 6.07) is 20.1. The Morgan fingerprint density at radius 3 is 2.41 bits per heavy atom. The van der Waals surface area contributed by atoms with Crippen LogP contribution in [0.5, 0.6) is 0 Å². The maximum atomic E-state index is 14.0. The molecule has 2 aromatic heterocycles. The highest BCUT2D eigenvalue weighted by atomic mass is 19.1. The van der Waals surface area contributed by atoms with Gasteiger partial charge < -0.3 is 14.4 Å². The number of piperidine rings is 1. The van der Waals surface area contributed by atoms with Gasteiger partial charge in [-0.15, -0.1) is 0 Å². The molecule has 2 aromatic carbocycles. The first kappa shape index (κ1) is 25.4. The highest BCUT2D eigenvalue weighted by molar-refractivity contribution is 6.00. The summed E-state index contributed by atoms with van der Waals surface area (Å²) in [4.78, 5) is 35.4. The average molecular weight is 525 g/mol. The normalized spacial score (nSPS) is 18.6. The highest BCUT2D eigenvalue weighted by Gasteiger charge is 2.33. The second kappa shape index (κ2) is 11.1. The Balaban J connectivity index is 1.11. The lowest BCUT2D eigenvalue weighted by Gasteiger charge is -2.33. The maximum Gasteiger partial charge on any atom is 0.271 e. The first-order chi connectivity index (χ1) is 19.1. The van der Waals surface area contributed by atoms with Crippen LogP contribution < -0.4 is 0 Å². The third-order valence-electron chi connectivity index (χ3n) is 8.35. The average Bonchev–Trinajstić information content (AvgIpc) is 3.61. The summed E-state index contributed by atoms with van der Waals surface area (Å²) in [5, 5.41) is 1.05. The van der Waals surface area contributed by atoms with Gasteiger partial charge in [0, 0.05) is 54.1 Å². The number of rotatable bonds is 7. The summed E-state index contributed by atoms with van der Waals surface area (Å²) >= 11 is 0. The van der Waals surface area contributed by atoms with Crippen molar-refractivity contribution in [3.63, 3.8) is 0 Å².